The van der Waals surface area contributed by atoms with E-state index in [1.165, 1.54) is 0 Å². The van der Waals surface area contributed by atoms with Crippen molar-refractivity contribution in [3.05, 3.63) is 34.6 Å². The van der Waals surface area contributed by atoms with E-state index in [1.54, 1.807) is 24.9 Å². The average molecular weight is 424 g/mol. The summed E-state index contributed by atoms with van der Waals surface area (Å²) < 4.78 is 23.9. The van der Waals surface area contributed by atoms with Crippen LogP contribution in [-0.2, 0) is 6.54 Å². The Hall–Kier alpha value is -3.59. The Balaban J connectivity index is 1.89. The number of ether oxygens (including phenoxy) is 4. The molecule has 9 heteroatoms. The SMILES string of the molecule is CNCCn1c2c(c3cc(OC)c(OC)cc3c1=O)N(C)Nc1cc3c(cc1-2)OCO3. The maximum absolute atomic E-state index is 13.7. The first-order chi connectivity index (χ1) is 15.1. The summed E-state index contributed by atoms with van der Waals surface area (Å²) in [7, 11) is 6.94. The number of pyridine rings is 1. The lowest BCUT2D eigenvalue weighted by Crippen LogP contribution is -2.35. The van der Waals surface area contributed by atoms with Crippen molar-refractivity contribution in [2.24, 2.45) is 0 Å². The molecule has 1 aromatic heterocycles. The van der Waals surface area contributed by atoms with Crippen molar-refractivity contribution in [2.45, 2.75) is 6.54 Å². The average Bonchev–Trinajstić information content (AvgIpc) is 3.23. The summed E-state index contributed by atoms with van der Waals surface area (Å²) in [6.07, 6.45) is 0. The van der Waals surface area contributed by atoms with Crippen molar-refractivity contribution in [3.63, 3.8) is 0 Å². The second kappa shape index (κ2) is 7.28. The van der Waals surface area contributed by atoms with Gasteiger partial charge in [-0.2, -0.15) is 0 Å². The zero-order valence-corrected chi connectivity index (χ0v) is 17.9. The van der Waals surface area contributed by atoms with Gasteiger partial charge >= 0.3 is 0 Å². The normalized spacial score (nSPS) is 13.6. The molecular weight excluding hydrogens is 400 g/mol. The van der Waals surface area contributed by atoms with Crippen molar-refractivity contribution in [2.75, 3.05) is 52.1 Å². The number of fused-ring (bicyclic) bond motifs is 6. The summed E-state index contributed by atoms with van der Waals surface area (Å²) in [4.78, 5) is 13.7. The minimum Gasteiger partial charge on any atom is -0.493 e. The van der Waals surface area contributed by atoms with Crippen LogP contribution in [-0.4, -0.2) is 46.2 Å². The van der Waals surface area contributed by atoms with Crippen LogP contribution >= 0.6 is 0 Å². The summed E-state index contributed by atoms with van der Waals surface area (Å²) in [5.74, 6) is 2.42. The van der Waals surface area contributed by atoms with E-state index in [2.05, 4.69) is 10.7 Å². The highest BCUT2D eigenvalue weighted by Gasteiger charge is 2.30. The van der Waals surface area contributed by atoms with Crippen LogP contribution in [0.5, 0.6) is 23.0 Å². The van der Waals surface area contributed by atoms with Crippen LogP contribution in [0.2, 0.25) is 0 Å². The molecule has 0 atom stereocenters. The number of nitrogens with zero attached hydrogens (tertiary/aromatic N) is 2. The predicted octanol–water partition coefficient (Wildman–Crippen LogP) is 2.41. The Bertz CT molecular complexity index is 1250. The van der Waals surface area contributed by atoms with E-state index in [1.807, 2.05) is 37.3 Å². The van der Waals surface area contributed by atoms with E-state index in [0.717, 1.165) is 28.0 Å². The van der Waals surface area contributed by atoms with Crippen LogP contribution in [0.1, 0.15) is 0 Å². The Morgan fingerprint density at radius 1 is 1.06 bits per heavy atom. The lowest BCUT2D eigenvalue weighted by molar-refractivity contribution is 0.174. The van der Waals surface area contributed by atoms with Gasteiger partial charge in [0.25, 0.3) is 5.56 Å². The van der Waals surface area contributed by atoms with Gasteiger partial charge in [0, 0.05) is 37.2 Å². The quantitative estimate of drug-likeness (QED) is 0.646. The van der Waals surface area contributed by atoms with Crippen LogP contribution in [0.25, 0.3) is 22.0 Å². The third-order valence-electron chi connectivity index (χ3n) is 5.73. The highest BCUT2D eigenvalue weighted by molar-refractivity contribution is 6.06. The van der Waals surface area contributed by atoms with Crippen LogP contribution in [0, 0.1) is 0 Å². The maximum Gasteiger partial charge on any atom is 0.259 e. The summed E-state index contributed by atoms with van der Waals surface area (Å²) in [5.41, 5.74) is 6.72. The molecule has 5 rings (SSSR count). The Morgan fingerprint density at radius 3 is 2.42 bits per heavy atom. The third-order valence-corrected chi connectivity index (χ3v) is 5.73. The van der Waals surface area contributed by atoms with Gasteiger partial charge in [0.1, 0.15) is 0 Å². The van der Waals surface area contributed by atoms with E-state index in [4.69, 9.17) is 18.9 Å². The first-order valence-corrected chi connectivity index (χ1v) is 9.99. The zero-order valence-electron chi connectivity index (χ0n) is 17.9. The van der Waals surface area contributed by atoms with Crippen molar-refractivity contribution in [3.8, 4) is 34.3 Å². The molecule has 0 saturated heterocycles. The van der Waals surface area contributed by atoms with Crippen LogP contribution < -0.4 is 40.3 Å². The lowest BCUT2D eigenvalue weighted by atomic mass is 9.99. The van der Waals surface area contributed by atoms with E-state index in [9.17, 15) is 4.79 Å². The number of rotatable bonds is 5. The van der Waals surface area contributed by atoms with Crippen molar-refractivity contribution >= 4 is 22.1 Å². The molecule has 2 N–H and O–H groups in total. The number of methoxy groups -OCH3 is 2. The summed E-state index contributed by atoms with van der Waals surface area (Å²) in [6.45, 7) is 1.33. The van der Waals surface area contributed by atoms with Crippen molar-refractivity contribution in [1.82, 2.24) is 9.88 Å². The molecule has 2 aliphatic rings. The van der Waals surface area contributed by atoms with E-state index >= 15 is 0 Å². The van der Waals surface area contributed by atoms with Gasteiger partial charge < -0.3 is 28.8 Å². The van der Waals surface area contributed by atoms with Gasteiger partial charge in [-0.1, -0.05) is 0 Å². The number of hydrogen-bond donors (Lipinski definition) is 2. The molecule has 0 spiro atoms. The number of hydrogen-bond acceptors (Lipinski definition) is 8. The molecule has 2 aromatic carbocycles. The third kappa shape index (κ3) is 2.84. The molecule has 31 heavy (non-hydrogen) atoms. The standard InChI is InChI=1S/C22H24N4O5/c1-23-5-6-26-21-14-9-18-19(31-11-30-18)10-15(14)24-25(2)20(21)12-7-16(28-3)17(29-4)8-13(12)22(26)27/h7-10,23-24H,5-6,11H2,1-4H3. The highest BCUT2D eigenvalue weighted by atomic mass is 16.7. The molecule has 0 bridgehead atoms. The van der Waals surface area contributed by atoms with Gasteiger partial charge in [0.05, 0.1) is 36.7 Å². The maximum atomic E-state index is 13.7. The van der Waals surface area contributed by atoms with Crippen molar-refractivity contribution < 1.29 is 18.9 Å². The molecule has 9 nitrogen and oxygen atoms in total. The predicted molar refractivity (Wildman–Crippen MR) is 119 cm³/mol. The van der Waals surface area contributed by atoms with Crippen LogP contribution in [0.4, 0.5) is 11.4 Å². The fourth-order valence-electron chi connectivity index (χ4n) is 4.27. The van der Waals surface area contributed by atoms with Gasteiger partial charge in [0.15, 0.2) is 23.0 Å². The van der Waals surface area contributed by atoms with E-state index < -0.39 is 0 Å². The first-order valence-electron chi connectivity index (χ1n) is 9.99. The van der Waals surface area contributed by atoms with Crippen LogP contribution in [0.15, 0.2) is 29.1 Å². The second-order valence-electron chi connectivity index (χ2n) is 7.43. The second-order valence-corrected chi connectivity index (χ2v) is 7.43. The Kier molecular flexibility index (Phi) is 4.55. The lowest BCUT2D eigenvalue weighted by Gasteiger charge is -2.34. The van der Waals surface area contributed by atoms with Gasteiger partial charge in [0.2, 0.25) is 6.79 Å². The molecule has 0 radical (unpaired) electrons. The molecule has 0 amide bonds. The number of anilines is 2. The van der Waals surface area contributed by atoms with Gasteiger partial charge in [-0.25, -0.2) is 0 Å². The summed E-state index contributed by atoms with van der Waals surface area (Å²) in [5, 5.41) is 6.39. The molecule has 3 heterocycles. The number of likely N-dealkylation sites (N-methyl/N-ethyl adjacent to an activating group) is 1. The minimum atomic E-state index is -0.0936. The molecule has 0 unspecified atom stereocenters. The van der Waals surface area contributed by atoms with Gasteiger partial charge in [-0.15, -0.1) is 0 Å². The first kappa shape index (κ1) is 19.4. The largest absolute Gasteiger partial charge is 0.493 e. The molecule has 2 aliphatic heterocycles. The molecule has 0 fully saturated rings. The smallest absolute Gasteiger partial charge is 0.259 e. The minimum absolute atomic E-state index is 0.0936. The summed E-state index contributed by atoms with van der Waals surface area (Å²) in [6, 6.07) is 7.43. The number of nitrogens with one attached hydrogen (secondary N) is 2. The topological polar surface area (TPSA) is 86.2 Å². The zero-order chi connectivity index (χ0) is 21.7. The molecule has 3 aromatic rings. The molecule has 0 saturated carbocycles. The Labute approximate surface area is 179 Å². The number of aromatic nitrogens is 1. The molecule has 162 valence electrons. The van der Waals surface area contributed by atoms with E-state index in [0.29, 0.717) is 41.5 Å². The monoisotopic (exact) mass is 424 g/mol. The summed E-state index contributed by atoms with van der Waals surface area (Å²) >= 11 is 0. The van der Waals surface area contributed by atoms with E-state index in [-0.39, 0.29) is 12.4 Å². The number of hydrazine groups is 1. The number of benzene rings is 2. The van der Waals surface area contributed by atoms with Crippen LogP contribution in [0.3, 0.4) is 0 Å². The van der Waals surface area contributed by atoms with Gasteiger partial charge in [-0.3, -0.25) is 15.2 Å². The fourth-order valence-corrected chi connectivity index (χ4v) is 4.27. The van der Waals surface area contributed by atoms with Gasteiger partial charge in [-0.05, 0) is 25.2 Å². The van der Waals surface area contributed by atoms with Crippen molar-refractivity contribution in [1.29, 1.82) is 0 Å². The fraction of sp³-hybridized carbons (Fsp3) is 0.318. The Morgan fingerprint density at radius 2 is 1.74 bits per heavy atom. The molecular formula is C22H24N4O5. The highest BCUT2D eigenvalue weighted by Crippen LogP contribution is 2.49. The molecule has 0 aliphatic carbocycles.